The van der Waals surface area contributed by atoms with E-state index in [0.717, 1.165) is 8.95 Å². The predicted octanol–water partition coefficient (Wildman–Crippen LogP) is 10.1. The van der Waals surface area contributed by atoms with Gasteiger partial charge in [-0.25, -0.2) is 0 Å². The first-order valence-electron chi connectivity index (χ1n) is 10.8. The van der Waals surface area contributed by atoms with E-state index >= 15 is 0 Å². The Kier molecular flexibility index (Phi) is 5.47. The van der Waals surface area contributed by atoms with Gasteiger partial charge < -0.3 is 0 Å². The molecule has 0 aliphatic carbocycles. The van der Waals surface area contributed by atoms with Crippen molar-refractivity contribution in [2.24, 2.45) is 0 Å². The first-order chi connectivity index (χ1) is 15.3. The lowest BCUT2D eigenvalue weighted by molar-refractivity contribution is 0.591. The molecule has 5 aromatic carbocycles. The Morgan fingerprint density at radius 3 is 1.41 bits per heavy atom. The van der Waals surface area contributed by atoms with E-state index in [1.165, 1.54) is 49.4 Å². The van der Waals surface area contributed by atoms with E-state index in [2.05, 4.69) is 144 Å². The molecule has 2 heteroatoms. The van der Waals surface area contributed by atoms with Crippen LogP contribution in [0.15, 0.2) is 99.9 Å². The average molecular weight is 544 g/mol. The van der Waals surface area contributed by atoms with Crippen LogP contribution in [0.3, 0.4) is 0 Å². The number of fused-ring (bicyclic) bond motifs is 2. The fraction of sp³-hybridized carbons (Fsp3) is 0.133. The van der Waals surface area contributed by atoms with Crippen molar-refractivity contribution in [1.29, 1.82) is 0 Å². The zero-order chi connectivity index (χ0) is 22.5. The minimum Gasteiger partial charge on any atom is -0.0616 e. The third kappa shape index (κ3) is 3.80. The van der Waals surface area contributed by atoms with Crippen molar-refractivity contribution < 1.29 is 0 Å². The van der Waals surface area contributed by atoms with E-state index in [-0.39, 0.29) is 5.41 Å². The molecule has 0 aliphatic rings. The molecule has 0 saturated heterocycles. The largest absolute Gasteiger partial charge is 0.0616 e. The Morgan fingerprint density at radius 1 is 0.500 bits per heavy atom. The Balaban J connectivity index is 1.98. The highest BCUT2D eigenvalue weighted by Gasteiger charge is 2.20. The fourth-order valence-corrected chi connectivity index (χ4v) is 5.03. The summed E-state index contributed by atoms with van der Waals surface area (Å²) in [6.07, 6.45) is 0. The normalized spacial score (nSPS) is 11.9. The lowest BCUT2D eigenvalue weighted by atomic mass is 9.81. The maximum Gasteiger partial charge on any atom is 0.0175 e. The SMILES string of the molecule is CC(C)(C)c1ccc2c(-c3ccc(Br)cc3)c3ccccc3c(-c3ccc(Br)cc3)c2c1. The summed E-state index contributed by atoms with van der Waals surface area (Å²) in [6.45, 7) is 6.85. The Morgan fingerprint density at radius 2 is 0.938 bits per heavy atom. The van der Waals surface area contributed by atoms with Crippen LogP contribution >= 0.6 is 31.9 Å². The number of hydrogen-bond donors (Lipinski definition) is 0. The third-order valence-electron chi connectivity index (χ3n) is 6.16. The summed E-state index contributed by atoms with van der Waals surface area (Å²) >= 11 is 7.19. The number of benzene rings is 5. The second-order valence-electron chi connectivity index (χ2n) is 9.32. The van der Waals surface area contributed by atoms with Gasteiger partial charge in [0.1, 0.15) is 0 Å². The Labute approximate surface area is 206 Å². The molecule has 0 heterocycles. The van der Waals surface area contributed by atoms with Crippen LogP contribution in [0.4, 0.5) is 0 Å². The number of rotatable bonds is 2. The maximum atomic E-state index is 3.60. The van der Waals surface area contributed by atoms with Gasteiger partial charge in [-0.05, 0) is 85.1 Å². The minimum absolute atomic E-state index is 0.0780. The summed E-state index contributed by atoms with van der Waals surface area (Å²) in [5.41, 5.74) is 6.50. The number of halogens is 2. The molecule has 0 aromatic heterocycles. The highest BCUT2D eigenvalue weighted by molar-refractivity contribution is 9.10. The van der Waals surface area contributed by atoms with Gasteiger partial charge in [0, 0.05) is 8.95 Å². The van der Waals surface area contributed by atoms with E-state index < -0.39 is 0 Å². The molecule has 0 nitrogen and oxygen atoms in total. The van der Waals surface area contributed by atoms with E-state index in [4.69, 9.17) is 0 Å². The highest BCUT2D eigenvalue weighted by atomic mass is 79.9. The van der Waals surface area contributed by atoms with Crippen LogP contribution in [0, 0.1) is 0 Å². The average Bonchev–Trinajstić information content (AvgIpc) is 2.78. The van der Waals surface area contributed by atoms with Gasteiger partial charge in [0.15, 0.2) is 0 Å². The second-order valence-corrected chi connectivity index (χ2v) is 11.2. The van der Waals surface area contributed by atoms with Gasteiger partial charge in [-0.1, -0.05) is 113 Å². The zero-order valence-electron chi connectivity index (χ0n) is 18.4. The summed E-state index contributed by atoms with van der Waals surface area (Å²) < 4.78 is 2.19. The molecule has 5 rings (SSSR count). The third-order valence-corrected chi connectivity index (χ3v) is 7.21. The molecule has 0 amide bonds. The molecule has 0 bridgehead atoms. The van der Waals surface area contributed by atoms with Crippen molar-refractivity contribution in [3.63, 3.8) is 0 Å². The van der Waals surface area contributed by atoms with Crippen molar-refractivity contribution in [1.82, 2.24) is 0 Å². The fourth-order valence-electron chi connectivity index (χ4n) is 4.50. The van der Waals surface area contributed by atoms with Crippen LogP contribution in [-0.4, -0.2) is 0 Å². The van der Waals surface area contributed by atoms with Gasteiger partial charge in [-0.2, -0.15) is 0 Å². The van der Waals surface area contributed by atoms with Crippen molar-refractivity contribution in [2.75, 3.05) is 0 Å². The molecule has 0 unspecified atom stereocenters. The van der Waals surface area contributed by atoms with E-state index in [1.54, 1.807) is 0 Å². The smallest absolute Gasteiger partial charge is 0.0175 e. The van der Waals surface area contributed by atoms with Gasteiger partial charge >= 0.3 is 0 Å². The van der Waals surface area contributed by atoms with Gasteiger partial charge in [0.25, 0.3) is 0 Å². The molecule has 158 valence electrons. The molecule has 0 N–H and O–H groups in total. The summed E-state index contributed by atoms with van der Waals surface area (Å²) in [6, 6.07) is 33.2. The molecular formula is C30H24Br2. The van der Waals surface area contributed by atoms with Gasteiger partial charge in [0.2, 0.25) is 0 Å². The second kappa shape index (κ2) is 8.17. The molecule has 5 aromatic rings. The topological polar surface area (TPSA) is 0 Å². The first-order valence-corrected chi connectivity index (χ1v) is 12.4. The molecule has 32 heavy (non-hydrogen) atoms. The van der Waals surface area contributed by atoms with Gasteiger partial charge in [-0.3, -0.25) is 0 Å². The van der Waals surface area contributed by atoms with Crippen LogP contribution in [0.2, 0.25) is 0 Å². The van der Waals surface area contributed by atoms with Crippen molar-refractivity contribution in [3.8, 4) is 22.3 Å². The predicted molar refractivity (Wildman–Crippen MR) is 146 cm³/mol. The van der Waals surface area contributed by atoms with Gasteiger partial charge in [-0.15, -0.1) is 0 Å². The molecule has 0 fully saturated rings. The Hall–Kier alpha value is -2.42. The summed E-state index contributed by atoms with van der Waals surface area (Å²) in [4.78, 5) is 0. The molecular weight excluding hydrogens is 520 g/mol. The van der Waals surface area contributed by atoms with Crippen molar-refractivity contribution >= 4 is 53.4 Å². The molecule has 0 spiro atoms. The van der Waals surface area contributed by atoms with Crippen LogP contribution in [0.5, 0.6) is 0 Å². The molecule has 0 aliphatic heterocycles. The van der Waals surface area contributed by atoms with E-state index in [9.17, 15) is 0 Å². The minimum atomic E-state index is 0.0780. The van der Waals surface area contributed by atoms with E-state index in [1.807, 2.05) is 0 Å². The summed E-state index contributed by atoms with van der Waals surface area (Å²) in [5.74, 6) is 0. The van der Waals surface area contributed by atoms with E-state index in [0.29, 0.717) is 0 Å². The van der Waals surface area contributed by atoms with Crippen LogP contribution in [0.25, 0.3) is 43.8 Å². The van der Waals surface area contributed by atoms with Crippen LogP contribution < -0.4 is 0 Å². The maximum absolute atomic E-state index is 3.60. The number of hydrogen-bond acceptors (Lipinski definition) is 0. The lowest BCUT2D eigenvalue weighted by Gasteiger charge is -2.23. The monoisotopic (exact) mass is 542 g/mol. The lowest BCUT2D eigenvalue weighted by Crippen LogP contribution is -2.10. The summed E-state index contributed by atoms with van der Waals surface area (Å²) in [7, 11) is 0. The quantitative estimate of drug-likeness (QED) is 0.194. The highest BCUT2D eigenvalue weighted by Crippen LogP contribution is 2.45. The van der Waals surface area contributed by atoms with Crippen molar-refractivity contribution in [2.45, 2.75) is 26.2 Å². The molecule has 0 atom stereocenters. The zero-order valence-corrected chi connectivity index (χ0v) is 21.6. The standard InChI is InChI=1S/C30H24Br2/c1-30(2,3)21-12-17-26-27(18-21)29(20-10-15-23(32)16-11-20)25-7-5-4-6-24(25)28(26)19-8-13-22(31)14-9-19/h4-18H,1-3H3. The molecule has 0 radical (unpaired) electrons. The Bertz CT molecular complexity index is 1440. The van der Waals surface area contributed by atoms with Crippen LogP contribution in [-0.2, 0) is 5.41 Å². The van der Waals surface area contributed by atoms with Crippen LogP contribution in [0.1, 0.15) is 26.3 Å². The van der Waals surface area contributed by atoms with Gasteiger partial charge in [0.05, 0.1) is 0 Å². The summed E-state index contributed by atoms with van der Waals surface area (Å²) in [5, 5.41) is 5.16. The molecule has 0 saturated carbocycles. The first kappa shape index (κ1) is 21.4. The van der Waals surface area contributed by atoms with Crippen molar-refractivity contribution in [3.05, 3.63) is 106 Å².